The Morgan fingerprint density at radius 2 is 2.35 bits per heavy atom. The summed E-state index contributed by atoms with van der Waals surface area (Å²) in [5, 5.41) is 0. The Morgan fingerprint density at radius 3 is 3.00 bits per heavy atom. The van der Waals surface area contributed by atoms with Gasteiger partial charge < -0.3 is 15.4 Å². The molecule has 1 aliphatic heterocycles. The summed E-state index contributed by atoms with van der Waals surface area (Å²) in [5.74, 6) is 0.934. The van der Waals surface area contributed by atoms with Crippen molar-refractivity contribution in [1.82, 2.24) is 4.98 Å². The van der Waals surface area contributed by atoms with Crippen LogP contribution in [0.15, 0.2) is 12.1 Å². The average Bonchev–Trinajstić information content (AvgIpc) is 2.28. The van der Waals surface area contributed by atoms with Crippen molar-refractivity contribution in [3.63, 3.8) is 0 Å². The first kappa shape index (κ1) is 12.3. The second-order valence-corrected chi connectivity index (χ2v) is 4.78. The van der Waals surface area contributed by atoms with Gasteiger partial charge in [0.1, 0.15) is 10.8 Å². The molecule has 4 nitrogen and oxygen atoms in total. The second kappa shape index (κ2) is 4.98. The van der Waals surface area contributed by atoms with Gasteiger partial charge in [-0.3, -0.25) is 0 Å². The predicted molar refractivity (Wildman–Crippen MR) is 72.5 cm³/mol. The molecule has 0 bridgehead atoms. The number of ether oxygens (including phenoxy) is 1. The number of pyridine rings is 1. The number of morpholine rings is 1. The summed E-state index contributed by atoms with van der Waals surface area (Å²) in [4.78, 5) is 7.19. The fourth-order valence-corrected chi connectivity index (χ4v) is 2.13. The molecule has 0 spiro atoms. The summed E-state index contributed by atoms with van der Waals surface area (Å²) in [6.07, 6.45) is 0. The molecule has 0 saturated carbocycles. The summed E-state index contributed by atoms with van der Waals surface area (Å²) in [6, 6.07) is 4.20. The van der Waals surface area contributed by atoms with Gasteiger partial charge in [0.05, 0.1) is 19.3 Å². The number of nitrogens with two attached hydrogens (primary N) is 1. The van der Waals surface area contributed by atoms with Gasteiger partial charge in [0.25, 0.3) is 0 Å². The molecule has 2 rings (SSSR count). The number of aryl methyl sites for hydroxylation is 1. The van der Waals surface area contributed by atoms with Crippen LogP contribution in [0.2, 0.25) is 0 Å². The Bertz CT molecular complexity index is 436. The van der Waals surface area contributed by atoms with E-state index in [1.54, 1.807) is 0 Å². The SMILES string of the molecule is Cc1cc(C(N)=S)cc(N2CCOCC2C)n1. The van der Waals surface area contributed by atoms with E-state index in [4.69, 9.17) is 22.7 Å². The Balaban J connectivity index is 2.33. The molecule has 17 heavy (non-hydrogen) atoms. The normalized spacial score (nSPS) is 20.4. The maximum absolute atomic E-state index is 5.68. The van der Waals surface area contributed by atoms with Crippen LogP contribution in [0.5, 0.6) is 0 Å². The van der Waals surface area contributed by atoms with Gasteiger partial charge in [-0.15, -0.1) is 0 Å². The number of rotatable bonds is 2. The maximum atomic E-state index is 5.68. The molecule has 1 fully saturated rings. The molecule has 0 aromatic carbocycles. The number of aromatic nitrogens is 1. The molecule has 2 heterocycles. The van der Waals surface area contributed by atoms with Gasteiger partial charge in [-0.2, -0.15) is 0 Å². The maximum Gasteiger partial charge on any atom is 0.129 e. The topological polar surface area (TPSA) is 51.4 Å². The van der Waals surface area contributed by atoms with Gasteiger partial charge in [-0.25, -0.2) is 4.98 Å². The largest absolute Gasteiger partial charge is 0.389 e. The zero-order chi connectivity index (χ0) is 12.4. The molecule has 0 aliphatic carbocycles. The highest BCUT2D eigenvalue weighted by atomic mass is 32.1. The van der Waals surface area contributed by atoms with Gasteiger partial charge in [0, 0.05) is 17.8 Å². The predicted octanol–water partition coefficient (Wildman–Crippen LogP) is 1.25. The van der Waals surface area contributed by atoms with E-state index in [2.05, 4.69) is 16.8 Å². The van der Waals surface area contributed by atoms with Crippen molar-refractivity contribution in [3.05, 3.63) is 23.4 Å². The van der Waals surface area contributed by atoms with Crippen molar-refractivity contribution >= 4 is 23.0 Å². The first-order valence-electron chi connectivity index (χ1n) is 5.71. The van der Waals surface area contributed by atoms with Crippen molar-refractivity contribution in [1.29, 1.82) is 0 Å². The Labute approximate surface area is 107 Å². The molecule has 1 aromatic rings. The van der Waals surface area contributed by atoms with Crippen molar-refractivity contribution in [2.45, 2.75) is 19.9 Å². The number of hydrogen-bond donors (Lipinski definition) is 1. The van der Waals surface area contributed by atoms with Crippen molar-refractivity contribution in [3.8, 4) is 0 Å². The number of thiocarbonyl (C=S) groups is 1. The lowest BCUT2D eigenvalue weighted by Gasteiger charge is -2.34. The molecule has 1 unspecified atom stereocenters. The van der Waals surface area contributed by atoms with Crippen LogP contribution in [0.25, 0.3) is 0 Å². The summed E-state index contributed by atoms with van der Waals surface area (Å²) in [6.45, 7) is 6.41. The lowest BCUT2D eigenvalue weighted by molar-refractivity contribution is 0.0985. The Hall–Kier alpha value is -1.20. The van der Waals surface area contributed by atoms with Crippen LogP contribution in [0.3, 0.4) is 0 Å². The first-order valence-corrected chi connectivity index (χ1v) is 6.11. The minimum Gasteiger partial charge on any atom is -0.389 e. The summed E-state index contributed by atoms with van der Waals surface area (Å²) in [7, 11) is 0. The fraction of sp³-hybridized carbons (Fsp3) is 0.500. The average molecular weight is 251 g/mol. The summed E-state index contributed by atoms with van der Waals surface area (Å²) >= 11 is 5.02. The quantitative estimate of drug-likeness (QED) is 0.802. The van der Waals surface area contributed by atoms with E-state index in [0.29, 0.717) is 11.0 Å². The highest BCUT2D eigenvalue weighted by Gasteiger charge is 2.20. The molecule has 1 aromatic heterocycles. The smallest absolute Gasteiger partial charge is 0.129 e. The van der Waals surface area contributed by atoms with Crippen LogP contribution in [0.1, 0.15) is 18.2 Å². The Morgan fingerprint density at radius 1 is 1.59 bits per heavy atom. The van der Waals surface area contributed by atoms with E-state index in [9.17, 15) is 0 Å². The number of hydrogen-bond acceptors (Lipinski definition) is 4. The highest BCUT2D eigenvalue weighted by Crippen LogP contribution is 2.19. The molecule has 92 valence electrons. The van der Waals surface area contributed by atoms with Crippen LogP contribution in [-0.4, -0.2) is 35.8 Å². The van der Waals surface area contributed by atoms with Gasteiger partial charge in [0.15, 0.2) is 0 Å². The van der Waals surface area contributed by atoms with E-state index < -0.39 is 0 Å². The van der Waals surface area contributed by atoms with Crippen LogP contribution < -0.4 is 10.6 Å². The van der Waals surface area contributed by atoms with Crippen molar-refractivity contribution < 1.29 is 4.74 Å². The van der Waals surface area contributed by atoms with Crippen LogP contribution >= 0.6 is 12.2 Å². The molecular formula is C12H17N3OS. The van der Waals surface area contributed by atoms with Crippen LogP contribution in [0, 0.1) is 6.92 Å². The lowest BCUT2D eigenvalue weighted by atomic mass is 10.2. The molecule has 2 N–H and O–H groups in total. The van der Waals surface area contributed by atoms with Crippen LogP contribution in [0.4, 0.5) is 5.82 Å². The molecule has 0 radical (unpaired) electrons. The summed E-state index contributed by atoms with van der Waals surface area (Å²) in [5.41, 5.74) is 7.49. The third-order valence-corrected chi connectivity index (χ3v) is 3.12. The Kier molecular flexibility index (Phi) is 3.59. The van der Waals surface area contributed by atoms with Gasteiger partial charge >= 0.3 is 0 Å². The zero-order valence-corrected chi connectivity index (χ0v) is 11.0. The third-order valence-electron chi connectivity index (χ3n) is 2.89. The third kappa shape index (κ3) is 2.73. The van der Waals surface area contributed by atoms with Gasteiger partial charge in [-0.05, 0) is 26.0 Å². The molecule has 0 amide bonds. The molecule has 5 heteroatoms. The minimum atomic E-state index is 0.331. The monoisotopic (exact) mass is 251 g/mol. The highest BCUT2D eigenvalue weighted by molar-refractivity contribution is 7.80. The van der Waals surface area contributed by atoms with E-state index in [1.807, 2.05) is 19.1 Å². The number of nitrogens with zero attached hydrogens (tertiary/aromatic N) is 2. The molecule has 1 atom stereocenters. The van der Waals surface area contributed by atoms with Crippen LogP contribution in [-0.2, 0) is 4.74 Å². The van der Waals surface area contributed by atoms with E-state index in [0.717, 1.165) is 36.8 Å². The zero-order valence-electron chi connectivity index (χ0n) is 10.1. The fourth-order valence-electron chi connectivity index (χ4n) is 2.01. The number of anilines is 1. The second-order valence-electron chi connectivity index (χ2n) is 4.34. The standard InChI is InChI=1S/C12H17N3OS/c1-8-5-10(12(13)17)6-11(14-8)15-3-4-16-7-9(15)2/h5-6,9H,3-4,7H2,1-2H3,(H2,13,17). The van der Waals surface area contributed by atoms with Gasteiger partial charge in [-0.1, -0.05) is 12.2 Å². The van der Waals surface area contributed by atoms with E-state index in [1.165, 1.54) is 0 Å². The van der Waals surface area contributed by atoms with Gasteiger partial charge in [0.2, 0.25) is 0 Å². The summed E-state index contributed by atoms with van der Waals surface area (Å²) < 4.78 is 5.42. The van der Waals surface area contributed by atoms with E-state index >= 15 is 0 Å². The first-order chi connectivity index (χ1) is 8.08. The van der Waals surface area contributed by atoms with Crippen molar-refractivity contribution in [2.24, 2.45) is 5.73 Å². The molecule has 1 aliphatic rings. The van der Waals surface area contributed by atoms with Crippen molar-refractivity contribution in [2.75, 3.05) is 24.7 Å². The molecule has 1 saturated heterocycles. The minimum absolute atomic E-state index is 0.331. The molecular weight excluding hydrogens is 234 g/mol. The van der Waals surface area contributed by atoms with E-state index in [-0.39, 0.29) is 0 Å². The lowest BCUT2D eigenvalue weighted by Crippen LogP contribution is -2.44.